The standard InChI is InChI=1S/C13H10N2O2/c16-10-4-6-11(7-5-10)17-13-3-1-2-12-14-8-9-15(12)13/h1-9,16H. The van der Waals surface area contributed by atoms with E-state index < -0.39 is 0 Å². The monoisotopic (exact) mass is 226 g/mol. The average Bonchev–Trinajstić information content (AvgIpc) is 2.81. The van der Waals surface area contributed by atoms with Gasteiger partial charge in [0.05, 0.1) is 0 Å². The summed E-state index contributed by atoms with van der Waals surface area (Å²) in [7, 11) is 0. The Hall–Kier alpha value is -2.49. The van der Waals surface area contributed by atoms with E-state index in [-0.39, 0.29) is 5.75 Å². The SMILES string of the molecule is Oc1ccc(Oc2cccc3nccn23)cc1. The van der Waals surface area contributed by atoms with Crippen LogP contribution in [0.25, 0.3) is 5.65 Å². The van der Waals surface area contributed by atoms with E-state index in [0.717, 1.165) is 5.65 Å². The van der Waals surface area contributed by atoms with Crippen LogP contribution < -0.4 is 4.74 Å². The number of rotatable bonds is 2. The molecule has 0 aliphatic carbocycles. The minimum atomic E-state index is 0.221. The smallest absolute Gasteiger partial charge is 0.205 e. The Morgan fingerprint density at radius 1 is 1.06 bits per heavy atom. The summed E-state index contributed by atoms with van der Waals surface area (Å²) in [5, 5.41) is 9.19. The van der Waals surface area contributed by atoms with Gasteiger partial charge in [0.2, 0.25) is 5.88 Å². The molecule has 4 nitrogen and oxygen atoms in total. The lowest BCUT2D eigenvalue weighted by atomic mass is 10.3. The first-order valence-corrected chi connectivity index (χ1v) is 5.22. The fraction of sp³-hybridized carbons (Fsp3) is 0. The lowest BCUT2D eigenvalue weighted by Gasteiger charge is -2.07. The predicted molar refractivity (Wildman–Crippen MR) is 63.4 cm³/mol. The van der Waals surface area contributed by atoms with Crippen LogP contribution in [0.1, 0.15) is 0 Å². The maximum atomic E-state index is 9.19. The predicted octanol–water partition coefficient (Wildman–Crippen LogP) is 2.83. The zero-order valence-corrected chi connectivity index (χ0v) is 8.95. The summed E-state index contributed by atoms with van der Waals surface area (Å²) in [5.41, 5.74) is 0.835. The Morgan fingerprint density at radius 2 is 1.88 bits per heavy atom. The van der Waals surface area contributed by atoms with E-state index in [4.69, 9.17) is 4.74 Å². The third-order valence-electron chi connectivity index (χ3n) is 2.45. The number of hydrogen-bond acceptors (Lipinski definition) is 3. The van der Waals surface area contributed by atoms with E-state index in [1.54, 1.807) is 30.5 Å². The van der Waals surface area contributed by atoms with E-state index in [1.165, 1.54) is 0 Å². The van der Waals surface area contributed by atoms with Crippen LogP contribution in [0.3, 0.4) is 0 Å². The number of benzene rings is 1. The van der Waals surface area contributed by atoms with Gasteiger partial charge in [0.1, 0.15) is 17.1 Å². The lowest BCUT2D eigenvalue weighted by Crippen LogP contribution is -1.92. The summed E-state index contributed by atoms with van der Waals surface area (Å²) >= 11 is 0. The zero-order chi connectivity index (χ0) is 11.7. The largest absolute Gasteiger partial charge is 0.508 e. The van der Waals surface area contributed by atoms with Crippen LogP contribution in [0.4, 0.5) is 0 Å². The highest BCUT2D eigenvalue weighted by molar-refractivity contribution is 5.43. The van der Waals surface area contributed by atoms with Gasteiger partial charge in [-0.1, -0.05) is 6.07 Å². The molecule has 0 unspecified atom stereocenters. The van der Waals surface area contributed by atoms with Gasteiger partial charge in [0, 0.05) is 12.4 Å². The van der Waals surface area contributed by atoms with Crippen LogP contribution in [-0.4, -0.2) is 14.5 Å². The number of fused-ring (bicyclic) bond motifs is 1. The number of aromatic hydroxyl groups is 1. The summed E-state index contributed by atoms with van der Waals surface area (Å²) in [4.78, 5) is 4.18. The van der Waals surface area contributed by atoms with Gasteiger partial charge >= 0.3 is 0 Å². The summed E-state index contributed by atoms with van der Waals surface area (Å²) in [6.07, 6.45) is 3.56. The van der Waals surface area contributed by atoms with Gasteiger partial charge in [-0.15, -0.1) is 0 Å². The number of nitrogens with zero attached hydrogens (tertiary/aromatic N) is 2. The number of pyridine rings is 1. The molecule has 3 rings (SSSR count). The van der Waals surface area contributed by atoms with Crippen molar-refractivity contribution in [2.75, 3.05) is 0 Å². The molecule has 84 valence electrons. The maximum absolute atomic E-state index is 9.19. The van der Waals surface area contributed by atoms with Gasteiger partial charge in [0.15, 0.2) is 0 Å². The molecule has 0 fully saturated rings. The van der Waals surface area contributed by atoms with Gasteiger partial charge in [-0.2, -0.15) is 0 Å². The van der Waals surface area contributed by atoms with Crippen LogP contribution in [0.5, 0.6) is 17.4 Å². The minimum Gasteiger partial charge on any atom is -0.508 e. The Kier molecular flexibility index (Phi) is 2.19. The summed E-state index contributed by atoms with van der Waals surface area (Å²) in [6.45, 7) is 0. The highest BCUT2D eigenvalue weighted by Crippen LogP contribution is 2.23. The molecule has 0 bridgehead atoms. The van der Waals surface area contributed by atoms with Crippen LogP contribution in [0.2, 0.25) is 0 Å². The van der Waals surface area contributed by atoms with Crippen molar-refractivity contribution in [2.45, 2.75) is 0 Å². The fourth-order valence-electron chi connectivity index (χ4n) is 1.64. The van der Waals surface area contributed by atoms with Crippen molar-refractivity contribution >= 4 is 5.65 Å². The van der Waals surface area contributed by atoms with Crippen LogP contribution in [0.15, 0.2) is 54.9 Å². The number of ether oxygens (including phenoxy) is 1. The van der Waals surface area contributed by atoms with Gasteiger partial charge in [-0.05, 0) is 36.4 Å². The van der Waals surface area contributed by atoms with Crippen molar-refractivity contribution in [2.24, 2.45) is 0 Å². The van der Waals surface area contributed by atoms with Crippen LogP contribution >= 0.6 is 0 Å². The van der Waals surface area contributed by atoms with Gasteiger partial charge in [0.25, 0.3) is 0 Å². The number of hydrogen-bond donors (Lipinski definition) is 1. The van der Waals surface area contributed by atoms with Crippen LogP contribution in [-0.2, 0) is 0 Å². The second-order valence-electron chi connectivity index (χ2n) is 3.62. The molecule has 0 saturated heterocycles. The normalized spacial score (nSPS) is 10.6. The molecule has 0 spiro atoms. The summed E-state index contributed by atoms with van der Waals surface area (Å²) in [6, 6.07) is 12.3. The van der Waals surface area contributed by atoms with Gasteiger partial charge < -0.3 is 9.84 Å². The molecule has 0 radical (unpaired) electrons. The average molecular weight is 226 g/mol. The van der Waals surface area contributed by atoms with Crippen molar-refractivity contribution < 1.29 is 9.84 Å². The first kappa shape index (κ1) is 9.72. The molecule has 4 heteroatoms. The van der Waals surface area contributed by atoms with Crippen molar-refractivity contribution in [1.82, 2.24) is 9.38 Å². The first-order chi connectivity index (χ1) is 8.33. The van der Waals surface area contributed by atoms with Gasteiger partial charge in [-0.3, -0.25) is 4.40 Å². The van der Waals surface area contributed by atoms with Crippen molar-refractivity contribution in [3.63, 3.8) is 0 Å². The number of phenols is 1. The molecule has 0 aliphatic heterocycles. The third-order valence-corrected chi connectivity index (χ3v) is 2.45. The minimum absolute atomic E-state index is 0.221. The molecular weight excluding hydrogens is 216 g/mol. The molecule has 17 heavy (non-hydrogen) atoms. The quantitative estimate of drug-likeness (QED) is 0.730. The number of imidazole rings is 1. The zero-order valence-electron chi connectivity index (χ0n) is 8.95. The summed E-state index contributed by atoms with van der Waals surface area (Å²) in [5.74, 6) is 1.58. The third kappa shape index (κ3) is 1.80. The van der Waals surface area contributed by atoms with E-state index in [2.05, 4.69) is 4.98 Å². The molecule has 0 aliphatic rings. The molecule has 0 amide bonds. The Labute approximate surface area is 97.7 Å². The maximum Gasteiger partial charge on any atom is 0.205 e. The lowest BCUT2D eigenvalue weighted by molar-refractivity contribution is 0.449. The molecule has 3 aromatic rings. The van der Waals surface area contributed by atoms with E-state index in [0.29, 0.717) is 11.6 Å². The van der Waals surface area contributed by atoms with Crippen molar-refractivity contribution in [1.29, 1.82) is 0 Å². The molecule has 1 N–H and O–H groups in total. The first-order valence-electron chi connectivity index (χ1n) is 5.22. The Morgan fingerprint density at radius 3 is 2.71 bits per heavy atom. The molecule has 0 saturated carbocycles. The summed E-state index contributed by atoms with van der Waals surface area (Å²) < 4.78 is 7.57. The van der Waals surface area contributed by atoms with E-state index in [1.807, 2.05) is 28.8 Å². The van der Waals surface area contributed by atoms with E-state index >= 15 is 0 Å². The van der Waals surface area contributed by atoms with E-state index in [9.17, 15) is 5.11 Å². The van der Waals surface area contributed by atoms with Crippen molar-refractivity contribution in [3.8, 4) is 17.4 Å². The number of aromatic nitrogens is 2. The molecular formula is C13H10N2O2. The Bertz CT molecular complexity index is 644. The molecule has 0 atom stereocenters. The topological polar surface area (TPSA) is 46.8 Å². The van der Waals surface area contributed by atoms with Gasteiger partial charge in [-0.25, -0.2) is 4.98 Å². The fourth-order valence-corrected chi connectivity index (χ4v) is 1.64. The highest BCUT2D eigenvalue weighted by atomic mass is 16.5. The Balaban J connectivity index is 1.99. The molecule has 1 aromatic carbocycles. The highest BCUT2D eigenvalue weighted by Gasteiger charge is 2.02. The number of phenolic OH excluding ortho intramolecular Hbond substituents is 1. The second-order valence-corrected chi connectivity index (χ2v) is 3.62. The van der Waals surface area contributed by atoms with Crippen LogP contribution in [0, 0.1) is 0 Å². The second kappa shape index (κ2) is 3.83. The van der Waals surface area contributed by atoms with Crippen molar-refractivity contribution in [3.05, 3.63) is 54.9 Å². The molecule has 2 aromatic heterocycles. The molecule has 2 heterocycles.